The molecule has 1 heterocycles. The average molecular weight is 224 g/mol. The largest absolute Gasteiger partial charge is 0.299 e. The number of ketones is 1. The highest BCUT2D eigenvalue weighted by atomic mass is 16.2. The van der Waals surface area contributed by atoms with Gasteiger partial charge in [-0.3, -0.25) is 9.59 Å². The van der Waals surface area contributed by atoms with Gasteiger partial charge in [-0.2, -0.15) is 5.10 Å². The summed E-state index contributed by atoms with van der Waals surface area (Å²) in [5.74, 6) is -0.989. The van der Waals surface area contributed by atoms with Crippen molar-refractivity contribution in [1.82, 2.24) is 5.01 Å². The summed E-state index contributed by atoms with van der Waals surface area (Å²) in [5, 5.41) is 5.75. The third-order valence-corrected chi connectivity index (χ3v) is 2.63. The van der Waals surface area contributed by atoms with Crippen molar-refractivity contribution in [3.8, 4) is 0 Å². The van der Waals surface area contributed by atoms with Gasteiger partial charge in [0.15, 0.2) is 0 Å². The number of nitrogens with zero attached hydrogens (tertiary/aromatic N) is 2. The maximum absolute atomic E-state index is 12.0. The Morgan fingerprint density at radius 1 is 1.38 bits per heavy atom. The first kappa shape index (κ1) is 12.9. The number of hydrogen-bond acceptors (Lipinski definition) is 3. The molecule has 1 unspecified atom stereocenters. The molecule has 0 N–H and O–H groups in total. The molecule has 0 saturated carbocycles. The van der Waals surface area contributed by atoms with Crippen LogP contribution in [0.1, 0.15) is 41.5 Å². The fraction of sp³-hybridized carbons (Fsp3) is 0.750. The van der Waals surface area contributed by atoms with Crippen LogP contribution in [0.25, 0.3) is 0 Å². The molecule has 1 aliphatic rings. The highest BCUT2D eigenvalue weighted by Gasteiger charge is 2.44. The minimum Gasteiger partial charge on any atom is -0.299 e. The molecule has 0 aromatic carbocycles. The van der Waals surface area contributed by atoms with Gasteiger partial charge in [0.05, 0.1) is 5.71 Å². The lowest BCUT2D eigenvalue weighted by molar-refractivity contribution is -0.137. The van der Waals surface area contributed by atoms with E-state index < -0.39 is 5.92 Å². The van der Waals surface area contributed by atoms with Crippen LogP contribution in [0, 0.1) is 11.3 Å². The minimum atomic E-state index is -0.678. The van der Waals surface area contributed by atoms with Gasteiger partial charge in [-0.05, 0) is 20.8 Å². The van der Waals surface area contributed by atoms with Gasteiger partial charge in [0.25, 0.3) is 5.91 Å². The predicted octanol–water partition coefficient (Wildman–Crippen LogP) is 1.84. The zero-order valence-corrected chi connectivity index (χ0v) is 10.9. The summed E-state index contributed by atoms with van der Waals surface area (Å²) in [6, 6.07) is -0.00537. The number of rotatable bonds is 2. The first-order valence-corrected chi connectivity index (χ1v) is 5.58. The molecular weight excluding hydrogens is 204 g/mol. The Hall–Kier alpha value is -1.19. The number of hydrazone groups is 1. The molecule has 0 saturated heterocycles. The first-order chi connectivity index (χ1) is 7.16. The summed E-state index contributed by atoms with van der Waals surface area (Å²) in [7, 11) is 0. The Balaban J connectivity index is 3.17. The van der Waals surface area contributed by atoms with Crippen LogP contribution < -0.4 is 0 Å². The molecule has 1 aliphatic heterocycles. The second-order valence-corrected chi connectivity index (χ2v) is 5.56. The molecule has 0 spiro atoms. The Labute approximate surface area is 96.7 Å². The van der Waals surface area contributed by atoms with E-state index in [0.29, 0.717) is 5.71 Å². The van der Waals surface area contributed by atoms with Crippen LogP contribution in [-0.2, 0) is 9.59 Å². The smallest absolute Gasteiger partial charge is 0.259 e. The predicted molar refractivity (Wildman–Crippen MR) is 63.0 cm³/mol. The lowest BCUT2D eigenvalue weighted by atomic mass is 9.81. The van der Waals surface area contributed by atoms with Gasteiger partial charge >= 0.3 is 0 Å². The van der Waals surface area contributed by atoms with Gasteiger partial charge in [0.2, 0.25) is 0 Å². The van der Waals surface area contributed by atoms with Crippen LogP contribution in [0.3, 0.4) is 0 Å². The summed E-state index contributed by atoms with van der Waals surface area (Å²) in [6.45, 7) is 11.2. The molecule has 0 aromatic rings. The first-order valence-electron chi connectivity index (χ1n) is 5.58. The monoisotopic (exact) mass is 224 g/mol. The zero-order valence-electron chi connectivity index (χ0n) is 10.9. The van der Waals surface area contributed by atoms with Crippen molar-refractivity contribution in [1.29, 1.82) is 0 Å². The van der Waals surface area contributed by atoms with Gasteiger partial charge in [0, 0.05) is 11.5 Å². The second-order valence-electron chi connectivity index (χ2n) is 5.56. The summed E-state index contributed by atoms with van der Waals surface area (Å²) >= 11 is 0. The SMILES string of the molecule is CC(=O)C1C(=O)N(C(C)C)N=C1C(C)(C)C. The molecule has 4 nitrogen and oxygen atoms in total. The molecule has 16 heavy (non-hydrogen) atoms. The molecule has 90 valence electrons. The van der Waals surface area contributed by atoms with Crippen LogP contribution >= 0.6 is 0 Å². The van der Waals surface area contributed by atoms with E-state index in [9.17, 15) is 9.59 Å². The van der Waals surface area contributed by atoms with Gasteiger partial charge in [-0.25, -0.2) is 5.01 Å². The van der Waals surface area contributed by atoms with Crippen LogP contribution in [0.15, 0.2) is 5.10 Å². The molecular formula is C12H20N2O2. The van der Waals surface area contributed by atoms with Crippen molar-refractivity contribution in [3.05, 3.63) is 0 Å². The molecule has 0 aromatic heterocycles. The van der Waals surface area contributed by atoms with E-state index in [4.69, 9.17) is 0 Å². The minimum absolute atomic E-state index is 0.00537. The molecule has 0 aliphatic carbocycles. The van der Waals surface area contributed by atoms with E-state index in [-0.39, 0.29) is 23.1 Å². The van der Waals surface area contributed by atoms with Gasteiger partial charge in [-0.1, -0.05) is 20.8 Å². The Kier molecular flexibility index (Phi) is 3.22. The van der Waals surface area contributed by atoms with Crippen LogP contribution in [0.5, 0.6) is 0 Å². The number of hydrogen-bond donors (Lipinski definition) is 0. The molecule has 1 atom stereocenters. The average Bonchev–Trinajstić information content (AvgIpc) is 2.41. The summed E-state index contributed by atoms with van der Waals surface area (Å²) in [4.78, 5) is 23.6. The quantitative estimate of drug-likeness (QED) is 0.672. The highest BCUT2D eigenvalue weighted by molar-refractivity contribution is 6.23. The number of amides is 1. The lowest BCUT2D eigenvalue weighted by Crippen LogP contribution is -2.38. The number of Topliss-reactive ketones (excluding diaryl/α,β-unsaturated/α-hetero) is 1. The molecule has 4 heteroatoms. The van der Waals surface area contributed by atoms with E-state index in [1.54, 1.807) is 0 Å². The fourth-order valence-corrected chi connectivity index (χ4v) is 1.79. The van der Waals surface area contributed by atoms with Crippen molar-refractivity contribution in [2.45, 2.75) is 47.6 Å². The van der Waals surface area contributed by atoms with Crippen molar-refractivity contribution in [2.75, 3.05) is 0 Å². The fourth-order valence-electron chi connectivity index (χ4n) is 1.79. The zero-order chi connectivity index (χ0) is 12.7. The maximum atomic E-state index is 12.0. The van der Waals surface area contributed by atoms with Crippen molar-refractivity contribution in [3.63, 3.8) is 0 Å². The molecule has 1 amide bonds. The topological polar surface area (TPSA) is 49.7 Å². The van der Waals surface area contributed by atoms with E-state index in [0.717, 1.165) is 0 Å². The second kappa shape index (κ2) is 4.00. The van der Waals surface area contributed by atoms with Gasteiger partial charge in [-0.15, -0.1) is 0 Å². The maximum Gasteiger partial charge on any atom is 0.259 e. The highest BCUT2D eigenvalue weighted by Crippen LogP contribution is 2.30. The van der Waals surface area contributed by atoms with Crippen molar-refractivity contribution >= 4 is 17.4 Å². The third kappa shape index (κ3) is 2.15. The molecule has 0 radical (unpaired) electrons. The standard InChI is InChI=1S/C12H20N2O2/c1-7(2)14-11(16)9(8(3)15)10(13-14)12(4,5)6/h7,9H,1-6H3. The van der Waals surface area contributed by atoms with Crippen LogP contribution in [0.2, 0.25) is 0 Å². The molecule has 1 rings (SSSR count). The van der Waals surface area contributed by atoms with Gasteiger partial charge < -0.3 is 0 Å². The molecule has 0 fully saturated rings. The van der Waals surface area contributed by atoms with Crippen LogP contribution in [-0.4, -0.2) is 28.5 Å². The Morgan fingerprint density at radius 3 is 2.12 bits per heavy atom. The summed E-state index contributed by atoms with van der Waals surface area (Å²) < 4.78 is 0. The summed E-state index contributed by atoms with van der Waals surface area (Å²) in [5.41, 5.74) is 0.425. The van der Waals surface area contributed by atoms with E-state index in [1.165, 1.54) is 11.9 Å². The third-order valence-electron chi connectivity index (χ3n) is 2.63. The van der Waals surface area contributed by atoms with E-state index >= 15 is 0 Å². The number of carbonyl (C=O) groups is 2. The van der Waals surface area contributed by atoms with Gasteiger partial charge in [0.1, 0.15) is 11.7 Å². The van der Waals surface area contributed by atoms with Crippen molar-refractivity contribution < 1.29 is 9.59 Å². The van der Waals surface area contributed by atoms with E-state index in [1.807, 2.05) is 34.6 Å². The molecule has 0 bridgehead atoms. The Bertz CT molecular complexity index is 351. The number of carbonyl (C=O) groups excluding carboxylic acids is 2. The van der Waals surface area contributed by atoms with Crippen LogP contribution in [0.4, 0.5) is 0 Å². The van der Waals surface area contributed by atoms with E-state index in [2.05, 4.69) is 5.10 Å². The normalized spacial score (nSPS) is 21.7. The lowest BCUT2D eigenvalue weighted by Gasteiger charge is -2.20. The summed E-state index contributed by atoms with van der Waals surface area (Å²) in [6.07, 6.45) is 0. The van der Waals surface area contributed by atoms with Crippen molar-refractivity contribution in [2.24, 2.45) is 16.4 Å². The Morgan fingerprint density at radius 2 is 1.88 bits per heavy atom.